The van der Waals surface area contributed by atoms with E-state index in [4.69, 9.17) is 0 Å². The lowest BCUT2D eigenvalue weighted by molar-refractivity contribution is -0.122. The van der Waals surface area contributed by atoms with Gasteiger partial charge in [0.2, 0.25) is 11.8 Å². The Kier molecular flexibility index (Phi) is 7.14. The van der Waals surface area contributed by atoms with E-state index in [-0.39, 0.29) is 30.1 Å². The van der Waals surface area contributed by atoms with Crippen molar-refractivity contribution in [3.05, 3.63) is 66.0 Å². The zero-order valence-corrected chi connectivity index (χ0v) is 15.9. The van der Waals surface area contributed by atoms with Crippen LogP contribution < -0.4 is 10.6 Å². The molecule has 1 fully saturated rings. The number of anilines is 1. The second-order valence-corrected chi connectivity index (χ2v) is 7.12. The van der Waals surface area contributed by atoms with Gasteiger partial charge in [0.25, 0.3) is 0 Å². The van der Waals surface area contributed by atoms with Gasteiger partial charge >= 0.3 is 0 Å². The van der Waals surface area contributed by atoms with Crippen LogP contribution in [0.5, 0.6) is 0 Å². The summed E-state index contributed by atoms with van der Waals surface area (Å²) in [7, 11) is 0. The zero-order chi connectivity index (χ0) is 19.8. The quantitative estimate of drug-likeness (QED) is 0.773. The number of aryl methyl sites for hydroxylation is 1. The smallest absolute Gasteiger partial charge is 0.238 e. The summed E-state index contributed by atoms with van der Waals surface area (Å²) in [6, 6.07) is 16.1. The van der Waals surface area contributed by atoms with E-state index in [1.165, 1.54) is 6.07 Å². The van der Waals surface area contributed by atoms with E-state index < -0.39 is 0 Å². The van der Waals surface area contributed by atoms with Crippen molar-refractivity contribution in [1.82, 2.24) is 10.2 Å². The van der Waals surface area contributed by atoms with E-state index >= 15 is 0 Å². The number of nitrogens with one attached hydrogen (secondary N) is 2. The summed E-state index contributed by atoms with van der Waals surface area (Å²) in [5.41, 5.74) is 1.36. The summed E-state index contributed by atoms with van der Waals surface area (Å²) >= 11 is 0. The molecule has 1 heterocycles. The van der Waals surface area contributed by atoms with Crippen molar-refractivity contribution < 1.29 is 14.0 Å². The molecule has 148 valence electrons. The van der Waals surface area contributed by atoms with E-state index in [1.54, 1.807) is 18.2 Å². The molecule has 2 aromatic carbocycles. The summed E-state index contributed by atoms with van der Waals surface area (Å²) in [6.07, 6.45) is 2.30. The first-order valence-electron chi connectivity index (χ1n) is 9.70. The molecule has 0 saturated carbocycles. The third-order valence-corrected chi connectivity index (χ3v) is 4.96. The van der Waals surface area contributed by atoms with E-state index in [1.807, 2.05) is 30.3 Å². The van der Waals surface area contributed by atoms with E-state index in [0.717, 1.165) is 31.6 Å². The molecule has 0 radical (unpaired) electrons. The van der Waals surface area contributed by atoms with Crippen LogP contribution in [0.15, 0.2) is 54.6 Å². The van der Waals surface area contributed by atoms with Crippen LogP contribution in [-0.2, 0) is 16.0 Å². The van der Waals surface area contributed by atoms with Gasteiger partial charge in [0.15, 0.2) is 0 Å². The van der Waals surface area contributed by atoms with Crippen molar-refractivity contribution in [2.75, 3.05) is 25.0 Å². The Morgan fingerprint density at radius 1 is 0.964 bits per heavy atom. The Bertz CT molecular complexity index is 789. The fourth-order valence-electron chi connectivity index (χ4n) is 3.41. The lowest BCUT2D eigenvalue weighted by Gasteiger charge is -2.31. The number of hydrogen-bond acceptors (Lipinski definition) is 3. The lowest BCUT2D eigenvalue weighted by atomic mass is 10.0. The zero-order valence-electron chi connectivity index (χ0n) is 15.9. The lowest BCUT2D eigenvalue weighted by Crippen LogP contribution is -2.46. The molecule has 2 N–H and O–H groups in total. The van der Waals surface area contributed by atoms with Crippen LogP contribution in [0.2, 0.25) is 0 Å². The third-order valence-electron chi connectivity index (χ3n) is 4.96. The van der Waals surface area contributed by atoms with Crippen molar-refractivity contribution in [2.45, 2.75) is 31.7 Å². The maximum Gasteiger partial charge on any atom is 0.238 e. The summed E-state index contributed by atoms with van der Waals surface area (Å²) in [5.74, 6) is -0.348. The van der Waals surface area contributed by atoms with E-state index in [2.05, 4.69) is 15.5 Å². The number of hydrogen-bond donors (Lipinski definition) is 2. The molecule has 0 aromatic heterocycles. The maximum atomic E-state index is 13.6. The Hall–Kier alpha value is -2.73. The number of piperidine rings is 1. The fraction of sp³-hybridized carbons (Fsp3) is 0.364. The van der Waals surface area contributed by atoms with Gasteiger partial charge in [0, 0.05) is 31.2 Å². The number of amides is 2. The minimum Gasteiger partial charge on any atom is -0.353 e. The molecular weight excluding hydrogens is 357 g/mol. The van der Waals surface area contributed by atoms with Crippen LogP contribution in [0.4, 0.5) is 10.1 Å². The molecule has 2 amide bonds. The van der Waals surface area contributed by atoms with Crippen molar-refractivity contribution in [3.63, 3.8) is 0 Å². The highest BCUT2D eigenvalue weighted by molar-refractivity contribution is 5.92. The average molecular weight is 383 g/mol. The van der Waals surface area contributed by atoms with Crippen LogP contribution in [0.1, 0.15) is 24.8 Å². The van der Waals surface area contributed by atoms with Crippen molar-refractivity contribution in [2.24, 2.45) is 0 Å². The molecule has 1 saturated heterocycles. The van der Waals surface area contributed by atoms with Crippen LogP contribution >= 0.6 is 0 Å². The van der Waals surface area contributed by atoms with Crippen molar-refractivity contribution in [3.8, 4) is 0 Å². The molecule has 1 aliphatic rings. The van der Waals surface area contributed by atoms with Gasteiger partial charge in [-0.05, 0) is 43.0 Å². The summed E-state index contributed by atoms with van der Waals surface area (Å²) in [6.45, 7) is 1.88. The first-order valence-corrected chi connectivity index (χ1v) is 9.70. The van der Waals surface area contributed by atoms with Gasteiger partial charge in [-0.25, -0.2) is 4.39 Å². The molecule has 0 atom stereocenters. The van der Waals surface area contributed by atoms with Gasteiger partial charge in [0.05, 0.1) is 6.54 Å². The van der Waals surface area contributed by atoms with Crippen LogP contribution in [0.25, 0.3) is 0 Å². The molecule has 0 spiro atoms. The molecule has 28 heavy (non-hydrogen) atoms. The molecule has 0 unspecified atom stereocenters. The normalized spacial score (nSPS) is 15.2. The minimum absolute atomic E-state index is 0.0291. The average Bonchev–Trinajstić information content (AvgIpc) is 2.69. The number of nitrogens with zero attached hydrogens (tertiary/aromatic N) is 1. The highest BCUT2D eigenvalue weighted by Gasteiger charge is 2.22. The van der Waals surface area contributed by atoms with Crippen LogP contribution in [-0.4, -0.2) is 42.4 Å². The fourth-order valence-corrected chi connectivity index (χ4v) is 3.41. The largest absolute Gasteiger partial charge is 0.353 e. The summed E-state index contributed by atoms with van der Waals surface area (Å²) in [4.78, 5) is 26.4. The van der Waals surface area contributed by atoms with Gasteiger partial charge in [-0.15, -0.1) is 0 Å². The summed E-state index contributed by atoms with van der Waals surface area (Å²) in [5, 5.41) is 5.92. The number of carbonyl (C=O) groups is 2. The van der Waals surface area contributed by atoms with Crippen LogP contribution in [0, 0.1) is 5.82 Å². The van der Waals surface area contributed by atoms with Gasteiger partial charge in [-0.3, -0.25) is 14.5 Å². The first kappa shape index (κ1) is 20.0. The molecule has 1 aliphatic heterocycles. The van der Waals surface area contributed by atoms with Gasteiger partial charge in [-0.1, -0.05) is 36.4 Å². The Balaban J connectivity index is 1.35. The van der Waals surface area contributed by atoms with Crippen LogP contribution in [0.3, 0.4) is 0 Å². The molecule has 5 nitrogen and oxygen atoms in total. The SMILES string of the molecule is O=C(CN1CCC(NC(=O)CCc2ccccc2F)CC1)Nc1ccccc1. The second-order valence-electron chi connectivity index (χ2n) is 7.12. The topological polar surface area (TPSA) is 61.4 Å². The number of carbonyl (C=O) groups excluding carboxylic acids is 2. The Morgan fingerprint density at radius 3 is 2.36 bits per heavy atom. The van der Waals surface area contributed by atoms with Crippen molar-refractivity contribution in [1.29, 1.82) is 0 Å². The predicted molar refractivity (Wildman–Crippen MR) is 107 cm³/mol. The monoisotopic (exact) mass is 383 g/mol. The highest BCUT2D eigenvalue weighted by atomic mass is 19.1. The third kappa shape index (κ3) is 6.16. The molecule has 6 heteroatoms. The minimum atomic E-state index is -0.266. The molecule has 3 rings (SSSR count). The standard InChI is InChI=1S/C22H26FN3O2/c23-20-9-5-4-6-17(20)10-11-21(27)24-19-12-14-26(15-13-19)16-22(28)25-18-7-2-1-3-8-18/h1-9,19H,10-16H2,(H,24,27)(H,25,28). The predicted octanol–water partition coefficient (Wildman–Crippen LogP) is 2.98. The Labute approximate surface area is 164 Å². The second kappa shape index (κ2) is 9.99. The highest BCUT2D eigenvalue weighted by Crippen LogP contribution is 2.13. The Morgan fingerprint density at radius 2 is 1.64 bits per heavy atom. The van der Waals surface area contributed by atoms with E-state index in [0.29, 0.717) is 18.5 Å². The maximum absolute atomic E-state index is 13.6. The number of rotatable bonds is 7. The van der Waals surface area contributed by atoms with Gasteiger partial charge < -0.3 is 10.6 Å². The first-order chi connectivity index (χ1) is 13.6. The number of para-hydroxylation sites is 1. The number of likely N-dealkylation sites (tertiary alicyclic amines) is 1. The molecule has 0 bridgehead atoms. The molecule has 2 aromatic rings. The van der Waals surface area contributed by atoms with Gasteiger partial charge in [-0.2, -0.15) is 0 Å². The van der Waals surface area contributed by atoms with E-state index in [9.17, 15) is 14.0 Å². The number of halogens is 1. The molecule has 0 aliphatic carbocycles. The van der Waals surface area contributed by atoms with Crippen molar-refractivity contribution >= 4 is 17.5 Å². The summed E-state index contributed by atoms with van der Waals surface area (Å²) < 4.78 is 13.6. The van der Waals surface area contributed by atoms with Gasteiger partial charge in [0.1, 0.15) is 5.82 Å². The number of benzene rings is 2. The molecular formula is C22H26FN3O2.